The number of aryl methyl sites for hydroxylation is 2. The zero-order valence-electron chi connectivity index (χ0n) is 14.9. The molecule has 0 aromatic carbocycles. The second-order valence-electron chi connectivity index (χ2n) is 6.93. The summed E-state index contributed by atoms with van der Waals surface area (Å²) < 4.78 is 41.9. The van der Waals surface area contributed by atoms with Gasteiger partial charge in [0, 0.05) is 29.9 Å². The van der Waals surface area contributed by atoms with Crippen LogP contribution in [-0.4, -0.2) is 24.9 Å². The summed E-state index contributed by atoms with van der Waals surface area (Å²) in [6, 6.07) is -0.253. The van der Waals surface area contributed by atoms with Crippen LogP contribution in [0, 0.1) is 6.92 Å². The van der Waals surface area contributed by atoms with Crippen molar-refractivity contribution in [2.24, 2.45) is 0 Å². The molecule has 0 amide bonds. The lowest BCUT2D eigenvalue weighted by Crippen LogP contribution is -2.39. The summed E-state index contributed by atoms with van der Waals surface area (Å²) in [5.41, 5.74) is -0.905. The number of fused-ring (bicyclic) bond motifs is 1. The fourth-order valence-corrected chi connectivity index (χ4v) is 4.59. The van der Waals surface area contributed by atoms with E-state index in [1.54, 1.807) is 13.1 Å². The van der Waals surface area contributed by atoms with E-state index in [-0.39, 0.29) is 28.5 Å². The van der Waals surface area contributed by atoms with Crippen molar-refractivity contribution in [1.82, 2.24) is 18.7 Å². The first-order chi connectivity index (χ1) is 13.2. The first kappa shape index (κ1) is 18.8. The molecule has 0 bridgehead atoms. The summed E-state index contributed by atoms with van der Waals surface area (Å²) in [4.78, 5) is 40.9. The van der Waals surface area contributed by atoms with Crippen LogP contribution in [0.2, 0.25) is 0 Å². The topological polar surface area (TPSA) is 81.8 Å². The number of aromatic nitrogens is 4. The van der Waals surface area contributed by atoms with E-state index in [0.717, 1.165) is 20.5 Å². The molecule has 0 radical (unpaired) electrons. The smallest absolute Gasteiger partial charge is 0.313 e. The predicted octanol–water partition coefficient (Wildman–Crippen LogP) is 2.36. The Kier molecular flexibility index (Phi) is 4.36. The quantitative estimate of drug-likeness (QED) is 0.696. The lowest BCUT2D eigenvalue weighted by molar-refractivity contribution is -0.136. The highest BCUT2D eigenvalue weighted by molar-refractivity contribution is 7.18. The van der Waals surface area contributed by atoms with Gasteiger partial charge in [0.15, 0.2) is 0 Å². The fraction of sp³-hybridized carbons (Fsp3) is 0.471. The van der Waals surface area contributed by atoms with Crippen LogP contribution in [0.3, 0.4) is 0 Å². The number of nitrogens with one attached hydrogen (secondary N) is 1. The monoisotopic (exact) mass is 414 g/mol. The van der Waals surface area contributed by atoms with Crippen molar-refractivity contribution in [3.05, 3.63) is 54.2 Å². The van der Waals surface area contributed by atoms with Crippen LogP contribution in [0.25, 0.3) is 10.2 Å². The first-order valence-corrected chi connectivity index (χ1v) is 9.57. The fourth-order valence-electron chi connectivity index (χ4n) is 3.28. The highest BCUT2D eigenvalue weighted by Crippen LogP contribution is 2.34. The molecule has 4 rings (SSSR count). The maximum Gasteiger partial charge on any atom is 0.390 e. The van der Waals surface area contributed by atoms with Gasteiger partial charge in [0.2, 0.25) is 0 Å². The Morgan fingerprint density at radius 1 is 1.25 bits per heavy atom. The lowest BCUT2D eigenvalue weighted by Gasteiger charge is -2.12. The molecule has 1 N–H and O–H groups in total. The van der Waals surface area contributed by atoms with Crippen molar-refractivity contribution in [2.45, 2.75) is 51.5 Å². The molecule has 28 heavy (non-hydrogen) atoms. The zero-order chi connectivity index (χ0) is 20.2. The van der Waals surface area contributed by atoms with E-state index in [1.165, 1.54) is 10.8 Å². The van der Waals surface area contributed by atoms with E-state index in [9.17, 15) is 27.6 Å². The zero-order valence-corrected chi connectivity index (χ0v) is 15.7. The number of aromatic amines is 1. The molecule has 11 heteroatoms. The minimum Gasteiger partial charge on any atom is -0.313 e. The van der Waals surface area contributed by atoms with Crippen molar-refractivity contribution in [3.8, 4) is 0 Å². The van der Waals surface area contributed by atoms with Gasteiger partial charge in [-0.3, -0.25) is 18.5 Å². The minimum atomic E-state index is -4.42. The van der Waals surface area contributed by atoms with Gasteiger partial charge in [0.25, 0.3) is 5.56 Å². The minimum absolute atomic E-state index is 0.170. The summed E-state index contributed by atoms with van der Waals surface area (Å²) in [6.07, 6.45) is -1.23. The van der Waals surface area contributed by atoms with E-state index < -0.39 is 30.4 Å². The Morgan fingerprint density at radius 2 is 1.96 bits per heavy atom. The lowest BCUT2D eigenvalue weighted by atomic mass is 10.2. The van der Waals surface area contributed by atoms with Crippen LogP contribution in [0.4, 0.5) is 13.2 Å². The molecule has 1 aliphatic rings. The average molecular weight is 414 g/mol. The maximum atomic E-state index is 12.9. The molecular weight excluding hydrogens is 397 g/mol. The molecule has 0 spiro atoms. The molecule has 3 aromatic rings. The summed E-state index contributed by atoms with van der Waals surface area (Å²) in [5, 5.41) is 0.261. The van der Waals surface area contributed by atoms with Crippen molar-refractivity contribution in [1.29, 1.82) is 0 Å². The molecule has 3 aromatic heterocycles. The van der Waals surface area contributed by atoms with Gasteiger partial charge in [0.1, 0.15) is 4.83 Å². The van der Waals surface area contributed by atoms with Crippen LogP contribution in [0.1, 0.15) is 35.7 Å². The molecular formula is C17H17F3N4O3S. The normalized spacial score (nSPS) is 14.9. The number of hydrogen-bond acceptors (Lipinski definition) is 4. The van der Waals surface area contributed by atoms with Gasteiger partial charge >= 0.3 is 17.6 Å². The molecule has 1 fully saturated rings. The van der Waals surface area contributed by atoms with Crippen LogP contribution in [0.15, 0.2) is 26.8 Å². The molecule has 150 valence electrons. The second-order valence-corrected chi connectivity index (χ2v) is 8.01. The SMILES string of the molecule is Cc1c(Cn2cc[nH]c2=O)sc2c1c(=O)n(C1CC1)c(=O)n2CCC(F)(F)F. The second kappa shape index (κ2) is 6.50. The van der Waals surface area contributed by atoms with Gasteiger partial charge in [-0.2, -0.15) is 13.2 Å². The van der Waals surface area contributed by atoms with Gasteiger partial charge < -0.3 is 4.98 Å². The number of H-pyrrole nitrogens is 1. The summed E-state index contributed by atoms with van der Waals surface area (Å²) >= 11 is 1.09. The molecule has 1 saturated carbocycles. The van der Waals surface area contributed by atoms with E-state index in [1.807, 2.05) is 0 Å². The van der Waals surface area contributed by atoms with Crippen molar-refractivity contribution in [3.63, 3.8) is 0 Å². The molecule has 3 heterocycles. The maximum absolute atomic E-state index is 12.9. The van der Waals surface area contributed by atoms with Gasteiger partial charge in [0.05, 0.1) is 18.4 Å². The van der Waals surface area contributed by atoms with Crippen LogP contribution >= 0.6 is 11.3 Å². The number of imidazole rings is 1. The van der Waals surface area contributed by atoms with E-state index >= 15 is 0 Å². The summed E-state index contributed by atoms with van der Waals surface area (Å²) in [7, 11) is 0. The number of thiophene rings is 1. The highest BCUT2D eigenvalue weighted by atomic mass is 32.1. The summed E-state index contributed by atoms with van der Waals surface area (Å²) in [5.74, 6) is 0. The number of rotatable bonds is 5. The molecule has 1 aliphatic carbocycles. The van der Waals surface area contributed by atoms with Gasteiger partial charge in [-0.05, 0) is 25.3 Å². The third-order valence-corrected chi connectivity index (χ3v) is 6.21. The Bertz CT molecular complexity index is 1220. The predicted molar refractivity (Wildman–Crippen MR) is 98.2 cm³/mol. The van der Waals surface area contributed by atoms with Gasteiger partial charge in [-0.1, -0.05) is 0 Å². The third kappa shape index (κ3) is 3.23. The number of hydrogen-bond donors (Lipinski definition) is 1. The Balaban J connectivity index is 1.92. The van der Waals surface area contributed by atoms with Crippen molar-refractivity contribution in [2.75, 3.05) is 0 Å². The standard InChI is InChI=1S/C17H17F3N4O3S/c1-9-11(8-22-7-5-21-15(22)26)28-14-12(9)13(25)24(10-2-3-10)16(27)23(14)6-4-17(18,19)20/h5,7,10H,2-4,6,8H2,1H3,(H,21,26). The molecule has 0 atom stereocenters. The van der Waals surface area contributed by atoms with Crippen LogP contribution < -0.4 is 16.9 Å². The van der Waals surface area contributed by atoms with E-state index in [2.05, 4.69) is 4.98 Å². The Labute approximate surface area is 159 Å². The van der Waals surface area contributed by atoms with Gasteiger partial charge in [-0.25, -0.2) is 9.59 Å². The van der Waals surface area contributed by atoms with Crippen molar-refractivity contribution >= 4 is 21.6 Å². The number of alkyl halides is 3. The molecule has 0 aliphatic heterocycles. The Morgan fingerprint density at radius 3 is 2.54 bits per heavy atom. The molecule has 7 nitrogen and oxygen atoms in total. The van der Waals surface area contributed by atoms with Gasteiger partial charge in [-0.15, -0.1) is 11.3 Å². The molecule has 0 saturated heterocycles. The Hall–Kier alpha value is -2.56. The largest absolute Gasteiger partial charge is 0.390 e. The van der Waals surface area contributed by atoms with E-state index in [4.69, 9.17) is 0 Å². The third-order valence-electron chi connectivity index (χ3n) is 4.91. The number of nitrogens with zero attached hydrogens (tertiary/aromatic N) is 3. The highest BCUT2D eigenvalue weighted by Gasteiger charge is 2.32. The van der Waals surface area contributed by atoms with Crippen molar-refractivity contribution < 1.29 is 13.2 Å². The first-order valence-electron chi connectivity index (χ1n) is 8.75. The average Bonchev–Trinajstić information content (AvgIpc) is 3.27. The molecule has 0 unspecified atom stereocenters. The van der Waals surface area contributed by atoms with E-state index in [0.29, 0.717) is 23.3 Å². The number of halogens is 3. The van der Waals surface area contributed by atoms with Crippen LogP contribution in [-0.2, 0) is 13.1 Å². The van der Waals surface area contributed by atoms with Crippen LogP contribution in [0.5, 0.6) is 0 Å². The summed E-state index contributed by atoms with van der Waals surface area (Å²) in [6.45, 7) is 1.32.